The molecule has 118 valence electrons. The van der Waals surface area contributed by atoms with Crippen molar-refractivity contribution in [2.45, 2.75) is 32.1 Å². The van der Waals surface area contributed by atoms with Crippen molar-refractivity contribution in [1.29, 1.82) is 5.26 Å². The number of carbonyl (C=O) groups is 3. The number of rotatable bonds is 2. The first kappa shape index (κ1) is 16.9. The molecule has 1 aromatic carbocycles. The lowest BCUT2D eigenvalue weighted by atomic mass is 10.2. The predicted octanol–water partition coefficient (Wildman–Crippen LogP) is 3.18. The summed E-state index contributed by atoms with van der Waals surface area (Å²) < 4.78 is 0. The number of allylic oxidation sites excluding steroid dienone is 2. The van der Waals surface area contributed by atoms with Crippen molar-refractivity contribution in [3.8, 4) is 6.07 Å². The van der Waals surface area contributed by atoms with Gasteiger partial charge in [-0.3, -0.25) is 14.4 Å². The van der Waals surface area contributed by atoms with E-state index in [1.54, 1.807) is 24.3 Å². The standard InChI is InChI=1S/C12H9ClN2O.C5H6O2/c13-12-6-10(2-1-8(12)7-14)15-9-3-4-11(16)5-9;6-4-1-2-5(7)3-4/h1-2,5-6,15H,3-4H2;1-3H2. The van der Waals surface area contributed by atoms with Gasteiger partial charge >= 0.3 is 0 Å². The quantitative estimate of drug-likeness (QED) is 0.841. The Morgan fingerprint density at radius 3 is 2.17 bits per heavy atom. The molecule has 5 nitrogen and oxygen atoms in total. The Hall–Kier alpha value is -2.45. The van der Waals surface area contributed by atoms with Gasteiger partial charge in [0.2, 0.25) is 0 Å². The molecule has 23 heavy (non-hydrogen) atoms. The Balaban J connectivity index is 0.000000229. The largest absolute Gasteiger partial charge is 0.359 e. The second kappa shape index (κ2) is 7.70. The Morgan fingerprint density at radius 1 is 1.04 bits per heavy atom. The molecule has 0 saturated heterocycles. The average molecular weight is 331 g/mol. The van der Waals surface area contributed by atoms with E-state index in [1.807, 2.05) is 6.07 Å². The van der Waals surface area contributed by atoms with Crippen molar-refractivity contribution >= 4 is 34.6 Å². The number of hydrogen-bond donors (Lipinski definition) is 1. The first-order valence-electron chi connectivity index (χ1n) is 7.21. The van der Waals surface area contributed by atoms with Crippen molar-refractivity contribution in [2.24, 2.45) is 0 Å². The SMILES string of the molecule is N#Cc1ccc(NC2=CC(=O)CC2)cc1Cl.O=C1CCC(=O)C1. The highest BCUT2D eigenvalue weighted by atomic mass is 35.5. The number of nitrogens with zero attached hydrogens (tertiary/aromatic N) is 1. The number of carbonyl (C=O) groups excluding carboxylic acids is 3. The van der Waals surface area contributed by atoms with E-state index in [2.05, 4.69) is 5.32 Å². The zero-order valence-corrected chi connectivity index (χ0v) is 13.2. The molecule has 2 aliphatic carbocycles. The molecule has 1 saturated carbocycles. The molecule has 0 unspecified atom stereocenters. The topological polar surface area (TPSA) is 87.0 Å². The van der Waals surface area contributed by atoms with Crippen molar-refractivity contribution < 1.29 is 14.4 Å². The lowest BCUT2D eigenvalue weighted by molar-refractivity contribution is -0.121. The van der Waals surface area contributed by atoms with E-state index in [4.69, 9.17) is 16.9 Å². The predicted molar refractivity (Wildman–Crippen MR) is 86.0 cm³/mol. The van der Waals surface area contributed by atoms with Crippen molar-refractivity contribution in [3.63, 3.8) is 0 Å². The summed E-state index contributed by atoms with van der Waals surface area (Å²) in [5.74, 6) is 0.345. The van der Waals surface area contributed by atoms with E-state index < -0.39 is 0 Å². The Morgan fingerprint density at radius 2 is 1.74 bits per heavy atom. The third-order valence-electron chi connectivity index (χ3n) is 3.45. The van der Waals surface area contributed by atoms with Gasteiger partial charge in [0.25, 0.3) is 0 Å². The fourth-order valence-corrected chi connectivity index (χ4v) is 2.46. The highest BCUT2D eigenvalue weighted by Gasteiger charge is 2.17. The summed E-state index contributed by atoms with van der Waals surface area (Å²) in [6.45, 7) is 0. The van der Waals surface area contributed by atoms with Gasteiger partial charge in [-0.05, 0) is 24.6 Å². The average Bonchev–Trinajstić information content (AvgIpc) is 3.08. The Bertz CT molecular complexity index is 718. The van der Waals surface area contributed by atoms with Crippen LogP contribution in [-0.2, 0) is 14.4 Å². The van der Waals surface area contributed by atoms with E-state index in [-0.39, 0.29) is 23.8 Å². The molecule has 2 aliphatic rings. The molecule has 0 heterocycles. The van der Waals surface area contributed by atoms with Crippen LogP contribution in [0.3, 0.4) is 0 Å². The number of ketones is 3. The van der Waals surface area contributed by atoms with Crippen LogP contribution in [0.5, 0.6) is 0 Å². The van der Waals surface area contributed by atoms with E-state index in [9.17, 15) is 14.4 Å². The van der Waals surface area contributed by atoms with E-state index in [0.29, 0.717) is 29.8 Å². The van der Waals surface area contributed by atoms with Crippen LogP contribution in [0.4, 0.5) is 5.69 Å². The van der Waals surface area contributed by atoms with Crippen LogP contribution in [-0.4, -0.2) is 17.3 Å². The maximum atomic E-state index is 11.0. The molecule has 0 bridgehead atoms. The van der Waals surface area contributed by atoms with Gasteiger partial charge in [0.15, 0.2) is 5.78 Å². The molecule has 0 aliphatic heterocycles. The summed E-state index contributed by atoms with van der Waals surface area (Å²) in [5.41, 5.74) is 2.14. The monoisotopic (exact) mass is 330 g/mol. The third-order valence-corrected chi connectivity index (χ3v) is 3.76. The molecule has 6 heteroatoms. The van der Waals surface area contributed by atoms with Gasteiger partial charge < -0.3 is 5.32 Å². The van der Waals surface area contributed by atoms with Crippen molar-refractivity contribution in [1.82, 2.24) is 0 Å². The van der Waals surface area contributed by atoms with Crippen LogP contribution in [0.2, 0.25) is 5.02 Å². The van der Waals surface area contributed by atoms with E-state index >= 15 is 0 Å². The molecule has 1 N–H and O–H groups in total. The van der Waals surface area contributed by atoms with Crippen LogP contribution in [0.15, 0.2) is 30.0 Å². The second-order valence-electron chi connectivity index (χ2n) is 5.32. The van der Waals surface area contributed by atoms with Gasteiger partial charge in [0, 0.05) is 36.7 Å². The van der Waals surface area contributed by atoms with Gasteiger partial charge in [0.05, 0.1) is 17.0 Å². The van der Waals surface area contributed by atoms with Crippen molar-refractivity contribution in [3.05, 3.63) is 40.6 Å². The molecule has 3 rings (SSSR count). The second-order valence-corrected chi connectivity index (χ2v) is 5.73. The highest BCUT2D eigenvalue weighted by molar-refractivity contribution is 6.32. The maximum absolute atomic E-state index is 11.0. The number of benzene rings is 1. The first-order valence-corrected chi connectivity index (χ1v) is 7.59. The molecular formula is C17H15ClN2O3. The van der Waals surface area contributed by atoms with Gasteiger partial charge in [-0.2, -0.15) is 5.26 Å². The minimum absolute atomic E-state index is 0.102. The molecule has 0 aromatic heterocycles. The summed E-state index contributed by atoms with van der Waals surface area (Å²) in [4.78, 5) is 31.5. The minimum Gasteiger partial charge on any atom is -0.359 e. The molecule has 0 atom stereocenters. The molecule has 0 spiro atoms. The third kappa shape index (κ3) is 5.04. The first-order chi connectivity index (χ1) is 11.0. The number of nitriles is 1. The van der Waals surface area contributed by atoms with Crippen molar-refractivity contribution in [2.75, 3.05) is 5.32 Å². The number of Topliss-reactive ketones (excluding diaryl/α,β-unsaturated/α-hetero) is 2. The molecule has 0 amide bonds. The van der Waals surface area contributed by atoms with Gasteiger partial charge in [0.1, 0.15) is 17.6 Å². The Kier molecular flexibility index (Phi) is 5.67. The smallest absolute Gasteiger partial charge is 0.157 e. The number of nitrogens with one attached hydrogen (secondary N) is 1. The van der Waals surface area contributed by atoms with E-state index in [1.165, 1.54) is 0 Å². The number of anilines is 1. The molecule has 1 aromatic rings. The number of hydrogen-bond acceptors (Lipinski definition) is 5. The lowest BCUT2D eigenvalue weighted by Gasteiger charge is -2.07. The number of halogens is 1. The van der Waals surface area contributed by atoms with Crippen LogP contribution in [0, 0.1) is 11.3 Å². The summed E-state index contributed by atoms with van der Waals surface area (Å²) in [6, 6.07) is 7.11. The fraction of sp³-hybridized carbons (Fsp3) is 0.294. The lowest BCUT2D eigenvalue weighted by Crippen LogP contribution is -1.96. The molecule has 0 radical (unpaired) electrons. The normalized spacial score (nSPS) is 16.5. The van der Waals surface area contributed by atoms with Crippen LogP contribution >= 0.6 is 11.6 Å². The summed E-state index contributed by atoms with van der Waals surface area (Å²) in [6.07, 6.45) is 4.06. The molecular weight excluding hydrogens is 316 g/mol. The molecule has 1 fully saturated rings. The zero-order chi connectivity index (χ0) is 16.8. The van der Waals surface area contributed by atoms with E-state index in [0.717, 1.165) is 17.8 Å². The van der Waals surface area contributed by atoms with Gasteiger partial charge in [-0.15, -0.1) is 0 Å². The Labute approximate surface area is 138 Å². The summed E-state index contributed by atoms with van der Waals surface area (Å²) in [5, 5.41) is 12.2. The summed E-state index contributed by atoms with van der Waals surface area (Å²) >= 11 is 5.89. The van der Waals surface area contributed by atoms with Crippen LogP contribution in [0.1, 0.15) is 37.7 Å². The fourth-order valence-electron chi connectivity index (χ4n) is 2.24. The van der Waals surface area contributed by atoms with Gasteiger partial charge in [-0.25, -0.2) is 0 Å². The highest BCUT2D eigenvalue weighted by Crippen LogP contribution is 2.23. The summed E-state index contributed by atoms with van der Waals surface area (Å²) in [7, 11) is 0. The zero-order valence-electron chi connectivity index (χ0n) is 12.4. The van der Waals surface area contributed by atoms with Crippen LogP contribution in [0.25, 0.3) is 0 Å². The van der Waals surface area contributed by atoms with Gasteiger partial charge in [-0.1, -0.05) is 11.6 Å². The maximum Gasteiger partial charge on any atom is 0.157 e. The van der Waals surface area contributed by atoms with Crippen LogP contribution < -0.4 is 5.32 Å². The minimum atomic E-state index is 0.102.